The van der Waals surface area contributed by atoms with Gasteiger partial charge in [-0.3, -0.25) is 4.90 Å². The maximum Gasteiger partial charge on any atom is 0.0558 e. The topological polar surface area (TPSA) is 39.3 Å². The molecule has 2 heterocycles. The molecule has 0 fully saturated rings. The van der Waals surface area contributed by atoms with E-state index in [0.29, 0.717) is 0 Å². The summed E-state index contributed by atoms with van der Waals surface area (Å²) in [5.41, 5.74) is 3.74. The quantitative estimate of drug-likeness (QED) is 0.905. The van der Waals surface area contributed by atoms with Crippen molar-refractivity contribution >= 4 is 28.1 Å². The summed E-state index contributed by atoms with van der Waals surface area (Å²) >= 11 is 6.08. The van der Waals surface area contributed by atoms with Gasteiger partial charge in [0.2, 0.25) is 0 Å². The summed E-state index contributed by atoms with van der Waals surface area (Å²) in [6.07, 6.45) is 5.33. The molecule has 0 radical (unpaired) electrons. The summed E-state index contributed by atoms with van der Waals surface area (Å²) in [5, 5.41) is 10.9. The largest absolute Gasteiger partial charge is 0.395 e. The number of fused-ring (bicyclic) bond motifs is 1. The Labute approximate surface area is 117 Å². The number of nitrogens with zero attached hydrogens (tertiary/aromatic N) is 1. The van der Waals surface area contributed by atoms with Gasteiger partial charge >= 0.3 is 0 Å². The van der Waals surface area contributed by atoms with E-state index in [-0.39, 0.29) is 6.61 Å². The zero-order valence-electron chi connectivity index (χ0n) is 10.7. The summed E-state index contributed by atoms with van der Waals surface area (Å²) < 4.78 is 0. The molecule has 0 amide bonds. The van der Waals surface area contributed by atoms with Gasteiger partial charge in [0.15, 0.2) is 0 Å². The Morgan fingerprint density at radius 2 is 2.26 bits per heavy atom. The zero-order chi connectivity index (χ0) is 13.2. The highest BCUT2D eigenvalue weighted by Crippen LogP contribution is 2.30. The Morgan fingerprint density at radius 3 is 3.00 bits per heavy atom. The second-order valence-electron chi connectivity index (χ2n) is 4.90. The molecule has 4 heteroatoms. The van der Waals surface area contributed by atoms with Gasteiger partial charge in [0.25, 0.3) is 0 Å². The third kappa shape index (κ3) is 2.54. The van der Waals surface area contributed by atoms with Crippen LogP contribution < -0.4 is 0 Å². The van der Waals surface area contributed by atoms with E-state index >= 15 is 0 Å². The number of β-amino-alcohol motifs (C(OH)–C–C–N with tert-alkyl or cyclic N) is 1. The molecule has 0 spiro atoms. The maximum atomic E-state index is 8.96. The summed E-state index contributed by atoms with van der Waals surface area (Å²) in [7, 11) is 0. The highest BCUT2D eigenvalue weighted by atomic mass is 35.5. The first-order valence-corrected chi connectivity index (χ1v) is 6.95. The van der Waals surface area contributed by atoms with Crippen LogP contribution in [-0.2, 0) is 0 Å². The minimum atomic E-state index is 0.228. The predicted octanol–water partition coefficient (Wildman–Crippen LogP) is 2.90. The average Bonchev–Trinajstić information content (AvgIpc) is 2.83. The summed E-state index contributed by atoms with van der Waals surface area (Å²) in [6, 6.07) is 5.94. The van der Waals surface area contributed by atoms with Crippen LogP contribution in [0.1, 0.15) is 12.0 Å². The number of aromatic nitrogens is 1. The summed E-state index contributed by atoms with van der Waals surface area (Å²) in [5.74, 6) is 0. The van der Waals surface area contributed by atoms with Crippen LogP contribution in [0.2, 0.25) is 5.02 Å². The molecule has 0 saturated carbocycles. The van der Waals surface area contributed by atoms with Crippen molar-refractivity contribution in [3.63, 3.8) is 0 Å². The smallest absolute Gasteiger partial charge is 0.0558 e. The van der Waals surface area contributed by atoms with E-state index in [1.165, 1.54) is 16.5 Å². The van der Waals surface area contributed by atoms with Gasteiger partial charge in [0.05, 0.1) is 6.61 Å². The van der Waals surface area contributed by atoms with Crippen LogP contribution in [0, 0.1) is 0 Å². The Hall–Kier alpha value is -1.29. The highest BCUT2D eigenvalue weighted by Gasteiger charge is 2.15. The standard InChI is InChI=1S/C15H17ClN2O/c16-12-1-2-15-13(9-12)14(10-17-15)11-3-5-18(6-4-11)7-8-19/h1-3,9-10,17,19H,4-8H2. The molecule has 0 saturated heterocycles. The number of benzene rings is 1. The first-order valence-electron chi connectivity index (χ1n) is 6.57. The molecule has 100 valence electrons. The van der Waals surface area contributed by atoms with Gasteiger partial charge in [0.1, 0.15) is 0 Å². The average molecular weight is 277 g/mol. The van der Waals surface area contributed by atoms with Crippen molar-refractivity contribution in [1.82, 2.24) is 9.88 Å². The van der Waals surface area contributed by atoms with Crippen LogP contribution >= 0.6 is 11.6 Å². The van der Waals surface area contributed by atoms with Crippen molar-refractivity contribution in [1.29, 1.82) is 0 Å². The Morgan fingerprint density at radius 1 is 1.37 bits per heavy atom. The highest BCUT2D eigenvalue weighted by molar-refractivity contribution is 6.31. The number of rotatable bonds is 3. The Balaban J connectivity index is 1.91. The molecule has 1 aliphatic heterocycles. The fourth-order valence-electron chi connectivity index (χ4n) is 2.66. The Bertz CT molecular complexity index is 618. The van der Waals surface area contributed by atoms with Crippen molar-refractivity contribution in [2.75, 3.05) is 26.2 Å². The first kappa shape index (κ1) is 12.7. The molecule has 0 atom stereocenters. The lowest BCUT2D eigenvalue weighted by molar-refractivity contribution is 0.208. The number of aliphatic hydroxyl groups excluding tert-OH is 1. The maximum absolute atomic E-state index is 8.96. The second-order valence-corrected chi connectivity index (χ2v) is 5.33. The van der Waals surface area contributed by atoms with E-state index in [4.69, 9.17) is 16.7 Å². The first-order chi connectivity index (χ1) is 9.28. The van der Waals surface area contributed by atoms with E-state index in [9.17, 15) is 0 Å². The molecular formula is C15H17ClN2O. The number of aliphatic hydroxyl groups is 1. The van der Waals surface area contributed by atoms with Gasteiger partial charge < -0.3 is 10.1 Å². The van der Waals surface area contributed by atoms with Gasteiger partial charge in [-0.1, -0.05) is 17.7 Å². The Kier molecular flexibility index (Phi) is 3.60. The van der Waals surface area contributed by atoms with Gasteiger partial charge in [-0.15, -0.1) is 0 Å². The molecule has 0 bridgehead atoms. The van der Waals surface area contributed by atoms with Crippen LogP contribution in [-0.4, -0.2) is 41.2 Å². The van der Waals surface area contributed by atoms with Crippen molar-refractivity contribution < 1.29 is 5.11 Å². The van der Waals surface area contributed by atoms with E-state index < -0.39 is 0 Å². The van der Waals surface area contributed by atoms with Crippen LogP contribution in [0.4, 0.5) is 0 Å². The molecule has 19 heavy (non-hydrogen) atoms. The van der Waals surface area contributed by atoms with Gasteiger partial charge in [-0.05, 0) is 30.2 Å². The third-order valence-corrected chi connectivity index (χ3v) is 3.93. The van der Waals surface area contributed by atoms with Crippen molar-refractivity contribution in [3.8, 4) is 0 Å². The number of aromatic amines is 1. The van der Waals surface area contributed by atoms with Crippen LogP contribution in [0.5, 0.6) is 0 Å². The lowest BCUT2D eigenvalue weighted by Crippen LogP contribution is -2.31. The van der Waals surface area contributed by atoms with Crippen LogP contribution in [0.3, 0.4) is 0 Å². The molecule has 1 aromatic carbocycles. The monoisotopic (exact) mass is 276 g/mol. The van der Waals surface area contributed by atoms with Gasteiger partial charge in [-0.25, -0.2) is 0 Å². The molecular weight excluding hydrogens is 260 g/mol. The molecule has 1 aliphatic rings. The number of nitrogens with one attached hydrogen (secondary N) is 1. The van der Waals surface area contributed by atoms with Crippen molar-refractivity contribution in [2.24, 2.45) is 0 Å². The zero-order valence-corrected chi connectivity index (χ0v) is 11.5. The van der Waals surface area contributed by atoms with E-state index in [0.717, 1.165) is 36.6 Å². The minimum absolute atomic E-state index is 0.228. The fourth-order valence-corrected chi connectivity index (χ4v) is 2.83. The van der Waals surface area contributed by atoms with Crippen molar-refractivity contribution in [2.45, 2.75) is 6.42 Å². The minimum Gasteiger partial charge on any atom is -0.395 e. The molecule has 0 unspecified atom stereocenters. The van der Waals surface area contributed by atoms with Crippen LogP contribution in [0.25, 0.3) is 16.5 Å². The molecule has 2 N–H and O–H groups in total. The summed E-state index contributed by atoms with van der Waals surface area (Å²) in [4.78, 5) is 5.55. The molecule has 3 nitrogen and oxygen atoms in total. The van der Waals surface area contributed by atoms with Gasteiger partial charge in [0, 0.05) is 47.3 Å². The third-order valence-electron chi connectivity index (χ3n) is 3.70. The van der Waals surface area contributed by atoms with Crippen molar-refractivity contribution in [3.05, 3.63) is 41.1 Å². The van der Waals surface area contributed by atoms with E-state index in [1.807, 2.05) is 18.2 Å². The van der Waals surface area contributed by atoms with E-state index in [2.05, 4.69) is 22.2 Å². The lowest BCUT2D eigenvalue weighted by atomic mass is 9.99. The SMILES string of the molecule is OCCN1CC=C(c2c[nH]c3ccc(Cl)cc23)CC1. The molecule has 2 aromatic rings. The normalized spacial score (nSPS) is 16.8. The molecule has 0 aliphatic carbocycles. The predicted molar refractivity (Wildman–Crippen MR) is 79.4 cm³/mol. The summed E-state index contributed by atoms with van der Waals surface area (Å²) in [6.45, 7) is 2.89. The van der Waals surface area contributed by atoms with Gasteiger partial charge in [-0.2, -0.15) is 0 Å². The lowest BCUT2D eigenvalue weighted by Gasteiger charge is -2.25. The van der Waals surface area contributed by atoms with E-state index in [1.54, 1.807) is 0 Å². The number of halogens is 1. The number of hydrogen-bond donors (Lipinski definition) is 2. The molecule has 3 rings (SSSR count). The molecule has 1 aromatic heterocycles. The van der Waals surface area contributed by atoms with Crippen LogP contribution in [0.15, 0.2) is 30.5 Å². The number of hydrogen-bond acceptors (Lipinski definition) is 2. The number of H-pyrrole nitrogens is 1. The fraction of sp³-hybridized carbons (Fsp3) is 0.333. The second kappa shape index (κ2) is 5.37.